The van der Waals surface area contributed by atoms with Crippen molar-refractivity contribution in [3.05, 3.63) is 10.0 Å². The van der Waals surface area contributed by atoms with Crippen LogP contribution in [0.1, 0.15) is 49.5 Å². The molecule has 1 rings (SSSR count). The number of aromatic nitrogens is 2. The maximum Gasteiger partial charge on any atom is 0.117 e. The average Bonchev–Trinajstić information content (AvgIpc) is 2.73. The Kier molecular flexibility index (Phi) is 7.34. The first kappa shape index (κ1) is 13.6. The topological polar surface area (TPSA) is 37.8 Å². The van der Waals surface area contributed by atoms with Gasteiger partial charge in [0.15, 0.2) is 0 Å². The van der Waals surface area contributed by atoms with E-state index in [1.165, 1.54) is 29.3 Å². The lowest BCUT2D eigenvalue weighted by molar-refractivity contribution is 0.668. The molecular weight excluding hydrogens is 218 g/mol. The summed E-state index contributed by atoms with van der Waals surface area (Å²) in [5.74, 6) is 0. The van der Waals surface area contributed by atoms with Crippen LogP contribution in [0.15, 0.2) is 0 Å². The van der Waals surface area contributed by atoms with Crippen molar-refractivity contribution >= 4 is 11.3 Å². The molecule has 0 aliphatic rings. The van der Waals surface area contributed by atoms with Crippen molar-refractivity contribution in [2.75, 3.05) is 13.1 Å². The third kappa shape index (κ3) is 5.56. The van der Waals surface area contributed by atoms with E-state index >= 15 is 0 Å². The van der Waals surface area contributed by atoms with Gasteiger partial charge in [0, 0.05) is 12.8 Å². The standard InChI is InChI=1S/C12H23N3S/c1-3-5-6-8-11-14-15-12(16-11)9-7-10-13-4-2/h13H,3-10H2,1-2H3. The van der Waals surface area contributed by atoms with E-state index in [-0.39, 0.29) is 0 Å². The molecule has 4 heteroatoms. The Morgan fingerprint density at radius 1 is 1.00 bits per heavy atom. The van der Waals surface area contributed by atoms with E-state index in [0.717, 1.165) is 32.4 Å². The predicted octanol–water partition coefficient (Wildman–Crippen LogP) is 2.81. The van der Waals surface area contributed by atoms with Crippen molar-refractivity contribution in [3.63, 3.8) is 0 Å². The minimum Gasteiger partial charge on any atom is -0.317 e. The molecule has 1 N–H and O–H groups in total. The highest BCUT2D eigenvalue weighted by molar-refractivity contribution is 7.11. The fourth-order valence-electron chi connectivity index (χ4n) is 1.56. The van der Waals surface area contributed by atoms with Crippen LogP contribution in [0.25, 0.3) is 0 Å². The Bertz CT molecular complexity index is 273. The molecule has 0 aromatic carbocycles. The van der Waals surface area contributed by atoms with Gasteiger partial charge < -0.3 is 5.32 Å². The summed E-state index contributed by atoms with van der Waals surface area (Å²) in [6, 6.07) is 0. The molecular formula is C12H23N3S. The van der Waals surface area contributed by atoms with Crippen LogP contribution in [-0.2, 0) is 12.8 Å². The molecule has 0 saturated carbocycles. The smallest absolute Gasteiger partial charge is 0.117 e. The van der Waals surface area contributed by atoms with Crippen LogP contribution in [-0.4, -0.2) is 23.3 Å². The number of hydrogen-bond donors (Lipinski definition) is 1. The summed E-state index contributed by atoms with van der Waals surface area (Å²) in [6.07, 6.45) is 7.17. The molecule has 0 amide bonds. The van der Waals surface area contributed by atoms with E-state index in [1.54, 1.807) is 11.3 Å². The second-order valence-corrected chi connectivity index (χ2v) is 5.15. The lowest BCUT2D eigenvalue weighted by atomic mass is 10.2. The molecule has 0 bridgehead atoms. The molecule has 0 aliphatic carbocycles. The van der Waals surface area contributed by atoms with Gasteiger partial charge in [-0.05, 0) is 25.9 Å². The van der Waals surface area contributed by atoms with Crippen molar-refractivity contribution in [1.29, 1.82) is 0 Å². The number of hydrogen-bond acceptors (Lipinski definition) is 4. The summed E-state index contributed by atoms with van der Waals surface area (Å²) in [7, 11) is 0. The molecule has 0 fully saturated rings. The van der Waals surface area contributed by atoms with E-state index in [9.17, 15) is 0 Å². The third-order valence-corrected chi connectivity index (χ3v) is 3.54. The summed E-state index contributed by atoms with van der Waals surface area (Å²) >= 11 is 1.79. The van der Waals surface area contributed by atoms with Crippen LogP contribution in [0.3, 0.4) is 0 Å². The summed E-state index contributed by atoms with van der Waals surface area (Å²) < 4.78 is 0. The lowest BCUT2D eigenvalue weighted by Crippen LogP contribution is -2.14. The second kappa shape index (κ2) is 8.65. The van der Waals surface area contributed by atoms with Gasteiger partial charge in [0.1, 0.15) is 10.0 Å². The number of unbranched alkanes of at least 4 members (excludes halogenated alkanes) is 2. The Labute approximate surface area is 103 Å². The molecule has 92 valence electrons. The zero-order chi connectivity index (χ0) is 11.6. The van der Waals surface area contributed by atoms with Crippen LogP contribution in [0.5, 0.6) is 0 Å². The van der Waals surface area contributed by atoms with E-state index in [1.807, 2.05) is 0 Å². The van der Waals surface area contributed by atoms with Crippen molar-refractivity contribution < 1.29 is 0 Å². The number of rotatable bonds is 9. The van der Waals surface area contributed by atoms with Crippen LogP contribution >= 0.6 is 11.3 Å². The predicted molar refractivity (Wildman–Crippen MR) is 70.0 cm³/mol. The highest BCUT2D eigenvalue weighted by Gasteiger charge is 2.03. The lowest BCUT2D eigenvalue weighted by Gasteiger charge is -1.97. The van der Waals surface area contributed by atoms with Crippen molar-refractivity contribution in [2.45, 2.75) is 52.4 Å². The van der Waals surface area contributed by atoms with E-state index in [4.69, 9.17) is 0 Å². The first-order valence-electron chi connectivity index (χ1n) is 6.38. The first-order valence-corrected chi connectivity index (χ1v) is 7.20. The molecule has 0 spiro atoms. The Balaban J connectivity index is 2.17. The van der Waals surface area contributed by atoms with Crippen LogP contribution in [0.4, 0.5) is 0 Å². The van der Waals surface area contributed by atoms with Crippen LogP contribution < -0.4 is 5.32 Å². The first-order chi connectivity index (χ1) is 7.86. The molecule has 0 unspecified atom stereocenters. The highest BCUT2D eigenvalue weighted by atomic mass is 32.1. The van der Waals surface area contributed by atoms with Crippen molar-refractivity contribution in [2.24, 2.45) is 0 Å². The average molecular weight is 241 g/mol. The second-order valence-electron chi connectivity index (χ2n) is 4.00. The van der Waals surface area contributed by atoms with Gasteiger partial charge in [-0.1, -0.05) is 26.7 Å². The molecule has 1 heterocycles. The van der Waals surface area contributed by atoms with Gasteiger partial charge in [-0.15, -0.1) is 21.5 Å². The SMILES string of the molecule is CCCCCc1nnc(CCCNCC)s1. The molecule has 0 radical (unpaired) electrons. The van der Waals surface area contributed by atoms with Gasteiger partial charge in [0.2, 0.25) is 0 Å². The van der Waals surface area contributed by atoms with Crippen molar-refractivity contribution in [3.8, 4) is 0 Å². The molecule has 0 saturated heterocycles. The zero-order valence-corrected chi connectivity index (χ0v) is 11.3. The van der Waals surface area contributed by atoms with Gasteiger partial charge in [-0.25, -0.2) is 0 Å². The largest absolute Gasteiger partial charge is 0.317 e. The van der Waals surface area contributed by atoms with Crippen LogP contribution in [0, 0.1) is 0 Å². The quantitative estimate of drug-likeness (QED) is 0.676. The van der Waals surface area contributed by atoms with E-state index in [2.05, 4.69) is 29.4 Å². The minimum absolute atomic E-state index is 1.05. The Morgan fingerprint density at radius 3 is 2.31 bits per heavy atom. The van der Waals surface area contributed by atoms with Gasteiger partial charge >= 0.3 is 0 Å². The number of nitrogens with one attached hydrogen (secondary N) is 1. The number of aryl methyl sites for hydroxylation is 2. The summed E-state index contributed by atoms with van der Waals surface area (Å²) in [4.78, 5) is 0. The van der Waals surface area contributed by atoms with Crippen molar-refractivity contribution in [1.82, 2.24) is 15.5 Å². The maximum absolute atomic E-state index is 4.24. The van der Waals surface area contributed by atoms with Gasteiger partial charge in [-0.2, -0.15) is 0 Å². The minimum atomic E-state index is 1.05. The Morgan fingerprint density at radius 2 is 1.69 bits per heavy atom. The number of nitrogens with zero attached hydrogens (tertiary/aromatic N) is 2. The van der Waals surface area contributed by atoms with Gasteiger partial charge in [0.25, 0.3) is 0 Å². The maximum atomic E-state index is 4.24. The van der Waals surface area contributed by atoms with Gasteiger partial charge in [0.05, 0.1) is 0 Å². The fraction of sp³-hybridized carbons (Fsp3) is 0.833. The summed E-state index contributed by atoms with van der Waals surface area (Å²) in [5.41, 5.74) is 0. The normalized spacial score (nSPS) is 10.9. The monoisotopic (exact) mass is 241 g/mol. The molecule has 16 heavy (non-hydrogen) atoms. The van der Waals surface area contributed by atoms with Gasteiger partial charge in [-0.3, -0.25) is 0 Å². The molecule has 0 aliphatic heterocycles. The highest BCUT2D eigenvalue weighted by Crippen LogP contribution is 2.14. The summed E-state index contributed by atoms with van der Waals surface area (Å²) in [5, 5.41) is 14.2. The third-order valence-electron chi connectivity index (χ3n) is 2.50. The fourth-order valence-corrected chi connectivity index (χ4v) is 2.49. The molecule has 0 atom stereocenters. The molecule has 3 nitrogen and oxygen atoms in total. The molecule has 1 aromatic rings. The van der Waals surface area contributed by atoms with E-state index in [0.29, 0.717) is 0 Å². The molecule has 1 aromatic heterocycles. The Hall–Kier alpha value is -0.480. The van der Waals surface area contributed by atoms with Crippen LogP contribution in [0.2, 0.25) is 0 Å². The van der Waals surface area contributed by atoms with E-state index < -0.39 is 0 Å². The zero-order valence-electron chi connectivity index (χ0n) is 10.5. The summed E-state index contributed by atoms with van der Waals surface area (Å²) in [6.45, 7) is 6.50.